The number of nitrogens with zero attached hydrogens (tertiary/aromatic N) is 3. The molecule has 0 spiro atoms. The van der Waals surface area contributed by atoms with E-state index in [-0.39, 0.29) is 5.69 Å². The molecule has 0 unspecified atom stereocenters. The van der Waals surface area contributed by atoms with E-state index in [0.29, 0.717) is 12.3 Å². The van der Waals surface area contributed by atoms with Crippen molar-refractivity contribution in [3.8, 4) is 11.3 Å². The molecule has 0 saturated heterocycles. The third-order valence-corrected chi connectivity index (χ3v) is 3.34. The molecule has 0 fully saturated rings. The minimum Gasteiger partial charge on any atom is -0.461 e. The SMILES string of the molecule is CCOC(=O)c1cc2nccc(-c3ccsc3)n2n1. The zero-order chi connectivity index (χ0) is 13.2. The quantitative estimate of drug-likeness (QED) is 0.688. The Bertz CT molecular complexity index is 719. The highest BCUT2D eigenvalue weighted by Crippen LogP contribution is 2.22. The smallest absolute Gasteiger partial charge is 0.358 e. The summed E-state index contributed by atoms with van der Waals surface area (Å²) in [5.74, 6) is -0.427. The lowest BCUT2D eigenvalue weighted by Crippen LogP contribution is -2.05. The molecule has 6 heteroatoms. The topological polar surface area (TPSA) is 56.5 Å². The van der Waals surface area contributed by atoms with Gasteiger partial charge >= 0.3 is 5.97 Å². The molecular formula is C13H11N3O2S. The minimum atomic E-state index is -0.427. The van der Waals surface area contributed by atoms with Crippen LogP contribution in [0.4, 0.5) is 0 Å². The maximum Gasteiger partial charge on any atom is 0.358 e. The van der Waals surface area contributed by atoms with Gasteiger partial charge in [-0.25, -0.2) is 14.3 Å². The first-order valence-electron chi connectivity index (χ1n) is 5.84. The number of fused-ring (bicyclic) bond motifs is 1. The second kappa shape index (κ2) is 4.81. The van der Waals surface area contributed by atoms with Crippen LogP contribution >= 0.6 is 11.3 Å². The summed E-state index contributed by atoms with van der Waals surface area (Å²) in [5, 5.41) is 8.30. The predicted octanol–water partition coefficient (Wildman–Crippen LogP) is 2.63. The summed E-state index contributed by atoms with van der Waals surface area (Å²) in [6.45, 7) is 2.10. The van der Waals surface area contributed by atoms with Gasteiger partial charge in [-0.05, 0) is 24.4 Å². The highest BCUT2D eigenvalue weighted by Gasteiger charge is 2.14. The third kappa shape index (κ3) is 2.10. The lowest BCUT2D eigenvalue weighted by atomic mass is 10.2. The van der Waals surface area contributed by atoms with Gasteiger partial charge in [0.2, 0.25) is 0 Å². The number of carbonyl (C=O) groups excluding carboxylic acids is 1. The van der Waals surface area contributed by atoms with Crippen LogP contribution in [0.2, 0.25) is 0 Å². The maximum atomic E-state index is 11.7. The molecule has 96 valence electrons. The Hall–Kier alpha value is -2.21. The number of esters is 1. The van der Waals surface area contributed by atoms with E-state index in [9.17, 15) is 4.79 Å². The minimum absolute atomic E-state index is 0.275. The van der Waals surface area contributed by atoms with E-state index in [1.54, 1.807) is 35.0 Å². The second-order valence-corrected chi connectivity index (χ2v) is 4.64. The van der Waals surface area contributed by atoms with Gasteiger partial charge in [-0.15, -0.1) is 0 Å². The van der Waals surface area contributed by atoms with Crippen LogP contribution in [0.25, 0.3) is 16.9 Å². The lowest BCUT2D eigenvalue weighted by molar-refractivity contribution is 0.0519. The Morgan fingerprint density at radius 2 is 2.37 bits per heavy atom. The molecule has 0 atom stereocenters. The van der Waals surface area contributed by atoms with Crippen molar-refractivity contribution in [2.24, 2.45) is 0 Å². The number of hydrogen-bond acceptors (Lipinski definition) is 5. The molecule has 0 aromatic carbocycles. The molecule has 5 nitrogen and oxygen atoms in total. The first-order valence-corrected chi connectivity index (χ1v) is 6.78. The maximum absolute atomic E-state index is 11.7. The fourth-order valence-electron chi connectivity index (χ4n) is 1.83. The number of rotatable bonds is 3. The molecule has 0 aliphatic heterocycles. The number of hydrogen-bond donors (Lipinski definition) is 0. The van der Waals surface area contributed by atoms with Crippen molar-refractivity contribution in [1.29, 1.82) is 0 Å². The average molecular weight is 273 g/mol. The molecule has 3 heterocycles. The van der Waals surface area contributed by atoms with E-state index < -0.39 is 5.97 Å². The second-order valence-electron chi connectivity index (χ2n) is 3.86. The van der Waals surface area contributed by atoms with Crippen LogP contribution in [0.1, 0.15) is 17.4 Å². The molecule has 19 heavy (non-hydrogen) atoms. The molecule has 3 rings (SSSR count). The van der Waals surface area contributed by atoms with Crippen LogP contribution in [-0.2, 0) is 4.74 Å². The van der Waals surface area contributed by atoms with Crippen LogP contribution in [0, 0.1) is 0 Å². The van der Waals surface area contributed by atoms with Crippen LogP contribution in [-0.4, -0.2) is 27.2 Å². The molecule has 0 amide bonds. The van der Waals surface area contributed by atoms with E-state index in [1.807, 2.05) is 22.9 Å². The first kappa shape index (κ1) is 11.9. The molecule has 0 saturated carbocycles. The van der Waals surface area contributed by atoms with E-state index >= 15 is 0 Å². The van der Waals surface area contributed by atoms with E-state index in [1.165, 1.54) is 0 Å². The summed E-state index contributed by atoms with van der Waals surface area (Å²) in [7, 11) is 0. The Kier molecular flexibility index (Phi) is 3.00. The van der Waals surface area contributed by atoms with E-state index in [2.05, 4.69) is 10.1 Å². The summed E-state index contributed by atoms with van der Waals surface area (Å²) >= 11 is 1.61. The predicted molar refractivity (Wildman–Crippen MR) is 72.3 cm³/mol. The van der Waals surface area contributed by atoms with Gasteiger partial charge in [0, 0.05) is 23.2 Å². The van der Waals surface area contributed by atoms with Gasteiger partial charge in [0.15, 0.2) is 11.3 Å². The number of thiophene rings is 1. The normalized spacial score (nSPS) is 10.8. The highest BCUT2D eigenvalue weighted by atomic mass is 32.1. The summed E-state index contributed by atoms with van der Waals surface area (Å²) < 4.78 is 6.61. The first-order chi connectivity index (χ1) is 9.29. The molecule has 3 aromatic heterocycles. The fraction of sp³-hybridized carbons (Fsp3) is 0.154. The molecule has 0 bridgehead atoms. The van der Waals surface area contributed by atoms with Crippen molar-refractivity contribution in [3.05, 3.63) is 40.8 Å². The van der Waals surface area contributed by atoms with Gasteiger partial charge in [0.25, 0.3) is 0 Å². The van der Waals surface area contributed by atoms with Crippen LogP contribution in [0.15, 0.2) is 35.2 Å². The Balaban J connectivity index is 2.13. The van der Waals surface area contributed by atoms with Crippen molar-refractivity contribution in [2.75, 3.05) is 6.61 Å². The molecule has 3 aromatic rings. The Morgan fingerprint density at radius 1 is 1.47 bits per heavy atom. The van der Waals surface area contributed by atoms with Crippen molar-refractivity contribution in [3.63, 3.8) is 0 Å². The van der Waals surface area contributed by atoms with Crippen LogP contribution < -0.4 is 0 Å². The molecular weight excluding hydrogens is 262 g/mol. The van der Waals surface area contributed by atoms with Crippen molar-refractivity contribution >= 4 is 23.0 Å². The number of carbonyl (C=O) groups is 1. The third-order valence-electron chi connectivity index (χ3n) is 2.66. The van der Waals surface area contributed by atoms with Gasteiger partial charge in [0.05, 0.1) is 12.3 Å². The number of ether oxygens (including phenoxy) is 1. The zero-order valence-corrected chi connectivity index (χ0v) is 11.1. The van der Waals surface area contributed by atoms with Crippen molar-refractivity contribution in [2.45, 2.75) is 6.92 Å². The summed E-state index contributed by atoms with van der Waals surface area (Å²) in [4.78, 5) is 15.9. The largest absolute Gasteiger partial charge is 0.461 e. The fourth-order valence-corrected chi connectivity index (χ4v) is 2.48. The summed E-state index contributed by atoms with van der Waals surface area (Å²) in [6.07, 6.45) is 1.71. The monoisotopic (exact) mass is 273 g/mol. The number of aromatic nitrogens is 3. The summed E-state index contributed by atoms with van der Waals surface area (Å²) in [6, 6.07) is 5.51. The summed E-state index contributed by atoms with van der Waals surface area (Å²) in [5.41, 5.74) is 2.86. The average Bonchev–Trinajstić information content (AvgIpc) is 3.07. The molecule has 0 radical (unpaired) electrons. The standard InChI is InChI=1S/C13H11N3O2S/c1-2-18-13(17)10-7-12-14-5-3-11(16(12)15-10)9-4-6-19-8-9/h3-8H,2H2,1H3. The molecule has 0 N–H and O–H groups in total. The van der Waals surface area contributed by atoms with Crippen LogP contribution in [0.3, 0.4) is 0 Å². The van der Waals surface area contributed by atoms with Crippen molar-refractivity contribution < 1.29 is 9.53 Å². The van der Waals surface area contributed by atoms with E-state index in [4.69, 9.17) is 4.74 Å². The lowest BCUT2D eigenvalue weighted by Gasteiger charge is -2.01. The molecule has 0 aliphatic rings. The highest BCUT2D eigenvalue weighted by molar-refractivity contribution is 7.08. The van der Waals surface area contributed by atoms with Gasteiger partial charge in [0.1, 0.15) is 0 Å². The zero-order valence-electron chi connectivity index (χ0n) is 10.2. The van der Waals surface area contributed by atoms with Crippen LogP contribution in [0.5, 0.6) is 0 Å². The van der Waals surface area contributed by atoms with E-state index in [0.717, 1.165) is 11.3 Å². The molecule has 0 aliphatic carbocycles. The van der Waals surface area contributed by atoms with Gasteiger partial charge in [-0.3, -0.25) is 0 Å². The van der Waals surface area contributed by atoms with Gasteiger partial charge in [-0.1, -0.05) is 0 Å². The Labute approximate surface area is 113 Å². The Morgan fingerprint density at radius 3 is 3.11 bits per heavy atom. The van der Waals surface area contributed by atoms with Gasteiger partial charge in [-0.2, -0.15) is 16.4 Å². The van der Waals surface area contributed by atoms with Crippen molar-refractivity contribution in [1.82, 2.24) is 14.6 Å². The van der Waals surface area contributed by atoms with Gasteiger partial charge < -0.3 is 4.74 Å².